The van der Waals surface area contributed by atoms with Gasteiger partial charge in [0.2, 0.25) is 12.7 Å². The number of carbonyl (C=O) groups is 1. The van der Waals surface area contributed by atoms with E-state index in [0.29, 0.717) is 28.6 Å². The third-order valence-corrected chi connectivity index (χ3v) is 7.19. The number of carbonyl (C=O) groups excluding carboxylic acids is 1. The van der Waals surface area contributed by atoms with E-state index in [4.69, 9.17) is 21.1 Å². The lowest BCUT2D eigenvalue weighted by Crippen LogP contribution is -2.38. The maximum absolute atomic E-state index is 14.6. The van der Waals surface area contributed by atoms with E-state index in [9.17, 15) is 9.18 Å². The number of amides is 1. The van der Waals surface area contributed by atoms with Crippen LogP contribution in [-0.4, -0.2) is 42.2 Å². The van der Waals surface area contributed by atoms with Gasteiger partial charge >= 0.3 is 0 Å². The quantitative estimate of drug-likeness (QED) is 0.517. The van der Waals surface area contributed by atoms with Crippen LogP contribution >= 0.6 is 22.9 Å². The van der Waals surface area contributed by atoms with E-state index >= 15 is 0 Å². The van der Waals surface area contributed by atoms with Crippen molar-refractivity contribution < 1.29 is 18.7 Å². The smallest absolute Gasteiger partial charge is 0.231 e. The molecule has 0 aliphatic carbocycles. The molecule has 3 aromatic rings. The number of nitrogens with one attached hydrogen (secondary N) is 1. The van der Waals surface area contributed by atoms with Crippen LogP contribution in [-0.2, 0) is 11.2 Å². The topological polar surface area (TPSA) is 63.7 Å². The molecule has 3 heterocycles. The zero-order valence-electron chi connectivity index (χ0n) is 17.9. The number of fused-ring (bicyclic) bond motifs is 1. The summed E-state index contributed by atoms with van der Waals surface area (Å²) in [6.45, 7) is 2.23. The normalized spacial score (nSPS) is 16.2. The van der Waals surface area contributed by atoms with Crippen LogP contribution in [0.3, 0.4) is 0 Å². The number of aromatic nitrogens is 1. The van der Waals surface area contributed by atoms with Crippen molar-refractivity contribution in [2.24, 2.45) is 0 Å². The molecule has 6 nitrogen and oxygen atoms in total. The van der Waals surface area contributed by atoms with Gasteiger partial charge in [0.25, 0.3) is 0 Å². The van der Waals surface area contributed by atoms with E-state index in [1.807, 2.05) is 23.6 Å². The molecule has 172 valence electrons. The second-order valence-corrected chi connectivity index (χ2v) is 9.35. The first-order chi connectivity index (χ1) is 16.1. The summed E-state index contributed by atoms with van der Waals surface area (Å²) in [6, 6.07) is 10.1. The van der Waals surface area contributed by atoms with Gasteiger partial charge in [-0.05, 0) is 56.3 Å². The molecule has 2 aliphatic heterocycles. The highest BCUT2D eigenvalue weighted by atomic mass is 35.5. The average molecular weight is 488 g/mol. The van der Waals surface area contributed by atoms with Crippen molar-refractivity contribution in [3.8, 4) is 22.1 Å². The number of benzene rings is 2. The fourth-order valence-corrected chi connectivity index (χ4v) is 5.39. The summed E-state index contributed by atoms with van der Waals surface area (Å²) in [6.07, 6.45) is 2.26. The predicted molar refractivity (Wildman–Crippen MR) is 125 cm³/mol. The number of likely N-dealkylation sites (tertiary alicyclic amines) is 1. The van der Waals surface area contributed by atoms with E-state index < -0.39 is 0 Å². The molecular weight excluding hydrogens is 465 g/mol. The lowest BCUT2D eigenvalue weighted by atomic mass is 10.0. The molecule has 1 unspecified atom stereocenters. The Kier molecular flexibility index (Phi) is 6.48. The Bertz CT molecular complexity index is 1150. The molecule has 0 radical (unpaired) electrons. The first-order valence-electron chi connectivity index (χ1n) is 10.9. The largest absolute Gasteiger partial charge is 0.454 e. The van der Waals surface area contributed by atoms with Crippen LogP contribution in [0.2, 0.25) is 5.02 Å². The summed E-state index contributed by atoms with van der Waals surface area (Å²) in [5.41, 5.74) is 2.05. The summed E-state index contributed by atoms with van der Waals surface area (Å²) in [7, 11) is 0. The zero-order chi connectivity index (χ0) is 22.8. The second kappa shape index (κ2) is 9.67. The minimum Gasteiger partial charge on any atom is -0.454 e. The van der Waals surface area contributed by atoms with Crippen LogP contribution in [0.1, 0.15) is 30.1 Å². The van der Waals surface area contributed by atoms with Crippen LogP contribution in [0.4, 0.5) is 4.39 Å². The number of ether oxygens (including phenoxy) is 2. The molecule has 9 heteroatoms. The standard InChI is InChI=1S/C24H23ClFN3O3S/c25-17-4-3-5-18(26)23(17)19(29-8-1-2-9-29)12-27-22(30)11-16-13-33-24(28-16)15-6-7-20-21(10-15)32-14-31-20/h3-7,10,13,19H,1-2,8-9,11-12,14H2,(H,27,30). The number of nitrogens with zero attached hydrogens (tertiary/aromatic N) is 2. The summed E-state index contributed by atoms with van der Waals surface area (Å²) >= 11 is 7.81. The van der Waals surface area contributed by atoms with Crippen molar-refractivity contribution in [1.82, 2.24) is 15.2 Å². The second-order valence-electron chi connectivity index (χ2n) is 8.09. The van der Waals surface area contributed by atoms with E-state index in [2.05, 4.69) is 15.2 Å². The first-order valence-corrected chi connectivity index (χ1v) is 12.1. The highest BCUT2D eigenvalue weighted by molar-refractivity contribution is 7.13. The summed E-state index contributed by atoms with van der Waals surface area (Å²) in [5.74, 6) is 0.912. The Hall–Kier alpha value is -2.68. The predicted octanol–water partition coefficient (Wildman–Crippen LogP) is 4.83. The Labute approximate surface area is 200 Å². The van der Waals surface area contributed by atoms with Gasteiger partial charge in [0.05, 0.1) is 18.2 Å². The molecular formula is C24H23ClFN3O3S. The molecule has 0 saturated carbocycles. The lowest BCUT2D eigenvalue weighted by molar-refractivity contribution is -0.120. The fourth-order valence-electron chi connectivity index (χ4n) is 4.28. The van der Waals surface area contributed by atoms with Crippen molar-refractivity contribution >= 4 is 28.8 Å². The molecule has 2 aliphatic rings. The van der Waals surface area contributed by atoms with Gasteiger partial charge in [0.15, 0.2) is 11.5 Å². The van der Waals surface area contributed by atoms with Gasteiger partial charge in [-0.3, -0.25) is 9.69 Å². The minimum absolute atomic E-state index is 0.152. The number of hydrogen-bond donors (Lipinski definition) is 1. The molecule has 1 N–H and O–H groups in total. The maximum Gasteiger partial charge on any atom is 0.231 e. The van der Waals surface area contributed by atoms with Crippen molar-refractivity contribution in [3.63, 3.8) is 0 Å². The molecule has 0 spiro atoms. The maximum atomic E-state index is 14.6. The van der Waals surface area contributed by atoms with Crippen molar-refractivity contribution in [2.45, 2.75) is 25.3 Å². The molecule has 0 bridgehead atoms. The van der Waals surface area contributed by atoms with Gasteiger partial charge in [-0.2, -0.15) is 0 Å². The van der Waals surface area contributed by atoms with Gasteiger partial charge in [0.1, 0.15) is 10.8 Å². The van der Waals surface area contributed by atoms with Crippen LogP contribution in [0.25, 0.3) is 10.6 Å². The van der Waals surface area contributed by atoms with E-state index in [0.717, 1.165) is 42.3 Å². The first kappa shape index (κ1) is 22.1. The van der Waals surface area contributed by atoms with Gasteiger partial charge < -0.3 is 14.8 Å². The highest BCUT2D eigenvalue weighted by Gasteiger charge is 2.28. The minimum atomic E-state index is -0.346. The molecule has 1 atom stereocenters. The van der Waals surface area contributed by atoms with Gasteiger partial charge in [-0.1, -0.05) is 17.7 Å². The van der Waals surface area contributed by atoms with Crippen LogP contribution in [0.5, 0.6) is 11.5 Å². The average Bonchev–Trinajstić information content (AvgIpc) is 3.57. The van der Waals surface area contributed by atoms with Crippen LogP contribution < -0.4 is 14.8 Å². The van der Waals surface area contributed by atoms with E-state index in [-0.39, 0.29) is 31.0 Å². The Morgan fingerprint density at radius 2 is 2.03 bits per heavy atom. The summed E-state index contributed by atoms with van der Waals surface area (Å²) in [4.78, 5) is 19.5. The third kappa shape index (κ3) is 4.83. The molecule has 1 saturated heterocycles. The number of thiazole rings is 1. The van der Waals surface area contributed by atoms with Crippen LogP contribution in [0.15, 0.2) is 41.8 Å². The van der Waals surface area contributed by atoms with Crippen molar-refractivity contribution in [3.05, 3.63) is 63.9 Å². The SMILES string of the molecule is O=C(Cc1csc(-c2ccc3c(c2)OCO3)n1)NCC(c1c(F)cccc1Cl)N1CCCC1. The molecule has 1 amide bonds. The van der Waals surface area contributed by atoms with Gasteiger partial charge in [0, 0.05) is 28.1 Å². The Balaban J connectivity index is 1.25. The highest BCUT2D eigenvalue weighted by Crippen LogP contribution is 2.37. The van der Waals surface area contributed by atoms with Gasteiger partial charge in [-0.25, -0.2) is 9.37 Å². The molecule has 2 aromatic carbocycles. The van der Waals surface area contributed by atoms with Crippen molar-refractivity contribution in [1.29, 1.82) is 0 Å². The van der Waals surface area contributed by atoms with Crippen molar-refractivity contribution in [2.75, 3.05) is 26.4 Å². The monoisotopic (exact) mass is 487 g/mol. The Morgan fingerprint density at radius 3 is 2.85 bits per heavy atom. The summed E-state index contributed by atoms with van der Waals surface area (Å²) < 4.78 is 25.4. The summed E-state index contributed by atoms with van der Waals surface area (Å²) in [5, 5.41) is 6.04. The fraction of sp³-hybridized carbons (Fsp3) is 0.333. The molecule has 5 rings (SSSR count). The molecule has 33 heavy (non-hydrogen) atoms. The Morgan fingerprint density at radius 1 is 1.21 bits per heavy atom. The lowest BCUT2D eigenvalue weighted by Gasteiger charge is -2.29. The van der Waals surface area contributed by atoms with Gasteiger partial charge in [-0.15, -0.1) is 11.3 Å². The van der Waals surface area contributed by atoms with Crippen LogP contribution in [0, 0.1) is 5.82 Å². The number of halogens is 2. The molecule has 1 fully saturated rings. The van der Waals surface area contributed by atoms with E-state index in [1.165, 1.54) is 17.4 Å². The number of hydrogen-bond acceptors (Lipinski definition) is 6. The number of rotatable bonds is 7. The zero-order valence-corrected chi connectivity index (χ0v) is 19.4. The van der Waals surface area contributed by atoms with E-state index in [1.54, 1.807) is 12.1 Å². The third-order valence-electron chi connectivity index (χ3n) is 5.92. The molecule has 1 aromatic heterocycles.